The van der Waals surface area contributed by atoms with E-state index in [0.717, 1.165) is 69.6 Å². The van der Waals surface area contributed by atoms with Gasteiger partial charge in [0.2, 0.25) is 0 Å². The molecular formula is C31H33N3O. The van der Waals surface area contributed by atoms with Crippen LogP contribution in [-0.2, 0) is 13.0 Å². The lowest BCUT2D eigenvalue weighted by Crippen LogP contribution is -2.17. The Morgan fingerprint density at radius 3 is 2.43 bits per heavy atom. The van der Waals surface area contributed by atoms with Crippen LogP contribution in [0.1, 0.15) is 50.7 Å². The Morgan fingerprint density at radius 2 is 1.74 bits per heavy atom. The minimum atomic E-state index is 0.730. The molecule has 35 heavy (non-hydrogen) atoms. The fraction of sp³-hybridized carbons (Fsp3) is 0.355. The Hall–Kier alpha value is -3.58. The standard InChI is InChI=1S/C31H33N3O/c1-4-23-17-25(9-10-26(23)19-32)28-18-30-29(33-31(28)24-11-13-27(35-3)14-12-24)15-16-34(30)20-22-7-5-21(2)6-8-22/h9-18,21-22H,4-8,20H2,1-3H3. The smallest absolute Gasteiger partial charge is 0.118 e. The summed E-state index contributed by atoms with van der Waals surface area (Å²) in [6, 6.07) is 21.0. The molecule has 0 spiro atoms. The second-order valence-corrected chi connectivity index (χ2v) is 9.95. The molecule has 0 amide bonds. The highest BCUT2D eigenvalue weighted by Crippen LogP contribution is 2.36. The fourth-order valence-electron chi connectivity index (χ4n) is 5.41. The van der Waals surface area contributed by atoms with E-state index < -0.39 is 0 Å². The van der Waals surface area contributed by atoms with Crippen LogP contribution in [-0.4, -0.2) is 16.7 Å². The third-order valence-corrected chi connectivity index (χ3v) is 7.62. The summed E-state index contributed by atoms with van der Waals surface area (Å²) in [5.41, 5.74) is 8.21. The number of pyridine rings is 1. The quantitative estimate of drug-likeness (QED) is 0.295. The average molecular weight is 464 g/mol. The van der Waals surface area contributed by atoms with Crippen LogP contribution in [0.3, 0.4) is 0 Å². The number of nitrogens with zero attached hydrogens (tertiary/aromatic N) is 3. The van der Waals surface area contributed by atoms with Gasteiger partial charge in [-0.1, -0.05) is 32.8 Å². The van der Waals surface area contributed by atoms with Crippen molar-refractivity contribution in [2.75, 3.05) is 7.11 Å². The maximum Gasteiger partial charge on any atom is 0.118 e. The molecule has 0 radical (unpaired) electrons. The highest BCUT2D eigenvalue weighted by molar-refractivity contribution is 5.90. The highest BCUT2D eigenvalue weighted by atomic mass is 16.5. The van der Waals surface area contributed by atoms with E-state index in [-0.39, 0.29) is 0 Å². The molecule has 2 aromatic heterocycles. The molecule has 0 bridgehead atoms. The number of hydrogen-bond acceptors (Lipinski definition) is 3. The van der Waals surface area contributed by atoms with E-state index in [2.05, 4.69) is 67.1 Å². The van der Waals surface area contributed by atoms with Crippen LogP contribution in [0, 0.1) is 23.2 Å². The van der Waals surface area contributed by atoms with Gasteiger partial charge in [0.15, 0.2) is 0 Å². The number of aromatic nitrogens is 2. The molecule has 5 rings (SSSR count). The van der Waals surface area contributed by atoms with Crippen molar-refractivity contribution in [3.8, 4) is 34.2 Å². The molecule has 0 atom stereocenters. The van der Waals surface area contributed by atoms with Crippen molar-refractivity contribution in [3.05, 3.63) is 71.9 Å². The van der Waals surface area contributed by atoms with Gasteiger partial charge in [-0.2, -0.15) is 5.26 Å². The summed E-state index contributed by atoms with van der Waals surface area (Å²) in [5, 5.41) is 9.54. The Morgan fingerprint density at radius 1 is 1.00 bits per heavy atom. The monoisotopic (exact) mass is 463 g/mol. The first-order valence-electron chi connectivity index (χ1n) is 12.8. The molecule has 4 aromatic rings. The summed E-state index contributed by atoms with van der Waals surface area (Å²) in [4.78, 5) is 5.17. The number of benzene rings is 2. The number of methoxy groups -OCH3 is 1. The van der Waals surface area contributed by atoms with Crippen molar-refractivity contribution in [1.82, 2.24) is 9.55 Å². The number of nitriles is 1. The molecule has 4 nitrogen and oxygen atoms in total. The zero-order chi connectivity index (χ0) is 24.4. The molecule has 2 heterocycles. The summed E-state index contributed by atoms with van der Waals surface area (Å²) in [7, 11) is 1.68. The lowest BCUT2D eigenvalue weighted by molar-refractivity contribution is 0.267. The lowest BCUT2D eigenvalue weighted by Gasteiger charge is -2.26. The molecule has 1 fully saturated rings. The topological polar surface area (TPSA) is 50.8 Å². The highest BCUT2D eigenvalue weighted by Gasteiger charge is 2.20. The molecule has 0 unspecified atom stereocenters. The van der Waals surface area contributed by atoms with Crippen molar-refractivity contribution in [2.24, 2.45) is 11.8 Å². The van der Waals surface area contributed by atoms with Gasteiger partial charge in [0.25, 0.3) is 0 Å². The van der Waals surface area contributed by atoms with E-state index in [1.807, 2.05) is 18.2 Å². The van der Waals surface area contributed by atoms with Gasteiger partial charge in [0.05, 0.1) is 35.5 Å². The Labute approximate surface area is 208 Å². The zero-order valence-electron chi connectivity index (χ0n) is 20.9. The van der Waals surface area contributed by atoms with E-state index in [0.29, 0.717) is 0 Å². The van der Waals surface area contributed by atoms with Crippen molar-refractivity contribution in [3.63, 3.8) is 0 Å². The van der Waals surface area contributed by atoms with Crippen LogP contribution in [0.25, 0.3) is 33.4 Å². The van der Waals surface area contributed by atoms with Crippen molar-refractivity contribution in [1.29, 1.82) is 5.26 Å². The predicted molar refractivity (Wildman–Crippen MR) is 142 cm³/mol. The number of rotatable bonds is 6. The second-order valence-electron chi connectivity index (χ2n) is 9.95. The first kappa shape index (κ1) is 23.2. The Bertz CT molecular complexity index is 1370. The van der Waals surface area contributed by atoms with Gasteiger partial charge in [-0.3, -0.25) is 0 Å². The van der Waals surface area contributed by atoms with Crippen LogP contribution in [0.2, 0.25) is 0 Å². The minimum Gasteiger partial charge on any atom is -0.497 e. The zero-order valence-corrected chi connectivity index (χ0v) is 20.9. The normalized spacial score (nSPS) is 17.9. The summed E-state index contributed by atoms with van der Waals surface area (Å²) in [6.07, 6.45) is 8.30. The van der Waals surface area contributed by atoms with Gasteiger partial charge in [0, 0.05) is 23.9 Å². The maximum atomic E-state index is 9.54. The van der Waals surface area contributed by atoms with Gasteiger partial charge in [-0.25, -0.2) is 4.98 Å². The van der Waals surface area contributed by atoms with Gasteiger partial charge in [-0.05, 0) is 90.8 Å². The molecule has 1 aliphatic carbocycles. The molecule has 178 valence electrons. The lowest BCUT2D eigenvalue weighted by atomic mass is 9.83. The van der Waals surface area contributed by atoms with E-state index >= 15 is 0 Å². The number of aryl methyl sites for hydroxylation is 1. The number of hydrogen-bond donors (Lipinski definition) is 0. The molecule has 1 saturated carbocycles. The van der Waals surface area contributed by atoms with E-state index in [4.69, 9.17) is 9.72 Å². The summed E-state index contributed by atoms with van der Waals surface area (Å²) < 4.78 is 7.77. The second kappa shape index (κ2) is 9.96. The molecule has 2 aromatic carbocycles. The van der Waals surface area contributed by atoms with E-state index in [9.17, 15) is 5.26 Å². The number of ether oxygens (including phenoxy) is 1. The SMILES string of the molecule is CCc1cc(-c2cc3c(ccn3CC3CCC(C)CC3)nc2-c2ccc(OC)cc2)ccc1C#N. The first-order chi connectivity index (χ1) is 17.1. The maximum absolute atomic E-state index is 9.54. The first-order valence-corrected chi connectivity index (χ1v) is 12.8. The van der Waals surface area contributed by atoms with Crippen LogP contribution < -0.4 is 4.74 Å². The van der Waals surface area contributed by atoms with Crippen LogP contribution in [0.15, 0.2) is 60.8 Å². The summed E-state index contributed by atoms with van der Waals surface area (Å²) in [6.45, 7) is 5.52. The summed E-state index contributed by atoms with van der Waals surface area (Å²) in [5.74, 6) is 2.42. The molecule has 4 heteroatoms. The van der Waals surface area contributed by atoms with Crippen molar-refractivity contribution in [2.45, 2.75) is 52.5 Å². The third kappa shape index (κ3) is 4.68. The van der Waals surface area contributed by atoms with Gasteiger partial charge < -0.3 is 9.30 Å². The predicted octanol–water partition coefficient (Wildman–Crippen LogP) is 7.64. The van der Waals surface area contributed by atoms with Gasteiger partial charge in [0.1, 0.15) is 5.75 Å². The van der Waals surface area contributed by atoms with Gasteiger partial charge >= 0.3 is 0 Å². The Balaban J connectivity index is 1.63. The van der Waals surface area contributed by atoms with Crippen LogP contribution in [0.5, 0.6) is 5.75 Å². The minimum absolute atomic E-state index is 0.730. The number of fused-ring (bicyclic) bond motifs is 1. The molecular weight excluding hydrogens is 430 g/mol. The van der Waals surface area contributed by atoms with Crippen molar-refractivity contribution < 1.29 is 4.74 Å². The average Bonchev–Trinajstić information content (AvgIpc) is 3.30. The Kier molecular flexibility index (Phi) is 6.59. The molecule has 0 N–H and O–H groups in total. The van der Waals surface area contributed by atoms with E-state index in [1.165, 1.54) is 31.2 Å². The molecule has 0 saturated heterocycles. The van der Waals surface area contributed by atoms with Gasteiger partial charge in [-0.15, -0.1) is 0 Å². The summed E-state index contributed by atoms with van der Waals surface area (Å²) >= 11 is 0. The van der Waals surface area contributed by atoms with E-state index in [1.54, 1.807) is 7.11 Å². The fourth-order valence-corrected chi connectivity index (χ4v) is 5.41. The van der Waals surface area contributed by atoms with Crippen LogP contribution in [0.4, 0.5) is 0 Å². The molecule has 1 aliphatic rings. The van der Waals surface area contributed by atoms with Crippen molar-refractivity contribution >= 4 is 11.0 Å². The third-order valence-electron chi connectivity index (χ3n) is 7.62. The van der Waals surface area contributed by atoms with Crippen LogP contribution >= 0.6 is 0 Å². The largest absolute Gasteiger partial charge is 0.497 e. The molecule has 0 aliphatic heterocycles.